The largest absolute Gasteiger partial charge is 0.342 e. The second kappa shape index (κ2) is 6.60. The fraction of sp³-hybridized carbons (Fsp3) is 0.278. The normalized spacial score (nSPS) is 10.9. The van der Waals surface area contributed by atoms with E-state index in [1.165, 1.54) is 0 Å². The van der Waals surface area contributed by atoms with Gasteiger partial charge in [-0.1, -0.05) is 18.2 Å². The molecule has 3 rings (SSSR count). The molecular formula is C18H20N4O. The van der Waals surface area contributed by atoms with Gasteiger partial charge in [0, 0.05) is 51.0 Å². The first-order valence-corrected chi connectivity index (χ1v) is 7.71. The van der Waals surface area contributed by atoms with E-state index in [0.29, 0.717) is 12.1 Å². The third kappa shape index (κ3) is 3.39. The molecule has 0 bridgehead atoms. The molecule has 0 aliphatic heterocycles. The van der Waals surface area contributed by atoms with Gasteiger partial charge in [0.1, 0.15) is 5.82 Å². The standard InChI is InChI=1S/C18H20N4O/c1-21-11-9-19-17(21)8-5-10-22(2)18(23)15-12-14-6-3-4-7-16(14)20-13-15/h3-4,6-7,9,11-13H,5,8,10H2,1-2H3. The molecule has 5 nitrogen and oxygen atoms in total. The lowest BCUT2D eigenvalue weighted by Gasteiger charge is -2.17. The molecule has 3 aromatic rings. The van der Waals surface area contributed by atoms with Crippen LogP contribution in [0.15, 0.2) is 48.9 Å². The SMILES string of the molecule is CN(CCCc1nccn1C)C(=O)c1cnc2ccccc2c1. The Morgan fingerprint density at radius 1 is 1.26 bits per heavy atom. The Labute approximate surface area is 135 Å². The molecular weight excluding hydrogens is 288 g/mol. The van der Waals surface area contributed by atoms with Crippen LogP contribution in [0.2, 0.25) is 0 Å². The highest BCUT2D eigenvalue weighted by atomic mass is 16.2. The number of aryl methyl sites for hydroxylation is 2. The molecule has 2 heterocycles. The monoisotopic (exact) mass is 308 g/mol. The number of pyridine rings is 1. The summed E-state index contributed by atoms with van der Waals surface area (Å²) in [7, 11) is 3.81. The van der Waals surface area contributed by atoms with Gasteiger partial charge in [-0.05, 0) is 18.6 Å². The molecule has 0 aliphatic carbocycles. The third-order valence-electron chi connectivity index (χ3n) is 4.00. The summed E-state index contributed by atoms with van der Waals surface area (Å²) in [5.74, 6) is 1.04. The number of amides is 1. The van der Waals surface area contributed by atoms with E-state index in [9.17, 15) is 4.79 Å². The summed E-state index contributed by atoms with van der Waals surface area (Å²) in [6.07, 6.45) is 7.13. The third-order valence-corrected chi connectivity index (χ3v) is 4.00. The van der Waals surface area contributed by atoms with E-state index in [4.69, 9.17) is 0 Å². The fourth-order valence-electron chi connectivity index (χ4n) is 2.62. The van der Waals surface area contributed by atoms with E-state index in [1.807, 2.05) is 55.2 Å². The van der Waals surface area contributed by atoms with Gasteiger partial charge in [0.25, 0.3) is 5.91 Å². The van der Waals surface area contributed by atoms with Crippen molar-refractivity contribution in [2.45, 2.75) is 12.8 Å². The van der Waals surface area contributed by atoms with Crippen molar-refractivity contribution in [1.82, 2.24) is 19.4 Å². The van der Waals surface area contributed by atoms with Gasteiger partial charge in [-0.15, -0.1) is 0 Å². The predicted molar refractivity (Wildman–Crippen MR) is 90.2 cm³/mol. The molecule has 1 aromatic carbocycles. The molecule has 5 heteroatoms. The lowest BCUT2D eigenvalue weighted by Crippen LogP contribution is -2.28. The van der Waals surface area contributed by atoms with Crippen LogP contribution >= 0.6 is 0 Å². The first kappa shape index (κ1) is 15.2. The average molecular weight is 308 g/mol. The number of benzene rings is 1. The van der Waals surface area contributed by atoms with E-state index in [-0.39, 0.29) is 5.91 Å². The van der Waals surface area contributed by atoms with Crippen molar-refractivity contribution in [3.63, 3.8) is 0 Å². The molecule has 0 radical (unpaired) electrons. The first-order valence-electron chi connectivity index (χ1n) is 7.71. The zero-order valence-electron chi connectivity index (χ0n) is 13.4. The van der Waals surface area contributed by atoms with Crippen LogP contribution in [0.1, 0.15) is 22.6 Å². The number of nitrogens with zero attached hydrogens (tertiary/aromatic N) is 4. The molecule has 118 valence electrons. The minimum Gasteiger partial charge on any atom is -0.342 e. The number of aromatic nitrogens is 3. The van der Waals surface area contributed by atoms with E-state index in [2.05, 4.69) is 9.97 Å². The zero-order chi connectivity index (χ0) is 16.2. The maximum atomic E-state index is 12.5. The average Bonchev–Trinajstić information content (AvgIpc) is 2.98. The van der Waals surface area contributed by atoms with Crippen molar-refractivity contribution < 1.29 is 4.79 Å². The minimum absolute atomic E-state index is 0.00286. The van der Waals surface area contributed by atoms with Crippen molar-refractivity contribution in [2.24, 2.45) is 7.05 Å². The molecule has 0 saturated heterocycles. The van der Waals surface area contributed by atoms with Crippen LogP contribution in [-0.4, -0.2) is 38.9 Å². The zero-order valence-corrected chi connectivity index (χ0v) is 13.4. The van der Waals surface area contributed by atoms with E-state index < -0.39 is 0 Å². The van der Waals surface area contributed by atoms with Crippen molar-refractivity contribution in [2.75, 3.05) is 13.6 Å². The number of hydrogen-bond acceptors (Lipinski definition) is 3. The van der Waals surface area contributed by atoms with Crippen LogP contribution in [0, 0.1) is 0 Å². The summed E-state index contributed by atoms with van der Waals surface area (Å²) in [6, 6.07) is 9.72. The molecule has 0 saturated carbocycles. The van der Waals surface area contributed by atoms with E-state index in [1.54, 1.807) is 17.3 Å². The smallest absolute Gasteiger partial charge is 0.255 e. The highest BCUT2D eigenvalue weighted by Gasteiger charge is 2.12. The predicted octanol–water partition coefficient (Wildman–Crippen LogP) is 2.67. The summed E-state index contributed by atoms with van der Waals surface area (Å²) in [6.45, 7) is 0.693. The number of carbonyl (C=O) groups excluding carboxylic acids is 1. The van der Waals surface area contributed by atoms with Crippen LogP contribution in [0.5, 0.6) is 0 Å². The maximum Gasteiger partial charge on any atom is 0.255 e. The van der Waals surface area contributed by atoms with Crippen molar-refractivity contribution in [3.05, 3.63) is 60.3 Å². The number of hydrogen-bond donors (Lipinski definition) is 0. The van der Waals surface area contributed by atoms with Gasteiger partial charge < -0.3 is 9.47 Å². The minimum atomic E-state index is 0.00286. The van der Waals surface area contributed by atoms with Crippen LogP contribution in [-0.2, 0) is 13.5 Å². The molecule has 0 spiro atoms. The molecule has 1 amide bonds. The summed E-state index contributed by atoms with van der Waals surface area (Å²) in [5.41, 5.74) is 1.53. The Hall–Kier alpha value is -2.69. The van der Waals surface area contributed by atoms with Gasteiger partial charge in [0.05, 0.1) is 11.1 Å². The van der Waals surface area contributed by atoms with Crippen LogP contribution in [0.4, 0.5) is 0 Å². The van der Waals surface area contributed by atoms with Gasteiger partial charge in [-0.25, -0.2) is 4.98 Å². The number of imidazole rings is 1. The molecule has 0 N–H and O–H groups in total. The number of carbonyl (C=O) groups is 1. The van der Waals surface area contributed by atoms with Gasteiger partial charge in [-0.2, -0.15) is 0 Å². The summed E-state index contributed by atoms with van der Waals surface area (Å²) < 4.78 is 2.01. The number of para-hydroxylation sites is 1. The number of fused-ring (bicyclic) bond motifs is 1. The Morgan fingerprint density at radius 3 is 2.87 bits per heavy atom. The molecule has 0 aliphatic rings. The van der Waals surface area contributed by atoms with Crippen molar-refractivity contribution >= 4 is 16.8 Å². The Bertz CT molecular complexity index is 825. The van der Waals surface area contributed by atoms with E-state index >= 15 is 0 Å². The highest BCUT2D eigenvalue weighted by Crippen LogP contribution is 2.14. The molecule has 0 atom stereocenters. The van der Waals surface area contributed by atoms with Gasteiger partial charge in [-0.3, -0.25) is 9.78 Å². The second-order valence-electron chi connectivity index (χ2n) is 5.70. The van der Waals surface area contributed by atoms with Crippen LogP contribution in [0.3, 0.4) is 0 Å². The van der Waals surface area contributed by atoms with Gasteiger partial charge in [0.15, 0.2) is 0 Å². The highest BCUT2D eigenvalue weighted by molar-refractivity contribution is 5.97. The summed E-state index contributed by atoms with van der Waals surface area (Å²) >= 11 is 0. The van der Waals surface area contributed by atoms with Gasteiger partial charge in [0.2, 0.25) is 0 Å². The van der Waals surface area contributed by atoms with E-state index in [0.717, 1.165) is 29.6 Å². The molecule has 2 aromatic heterocycles. The quantitative estimate of drug-likeness (QED) is 0.728. The van der Waals surface area contributed by atoms with Crippen LogP contribution in [0.25, 0.3) is 10.9 Å². The maximum absolute atomic E-state index is 12.5. The summed E-state index contributed by atoms with van der Waals surface area (Å²) in [4.78, 5) is 22.9. The molecule has 0 fully saturated rings. The summed E-state index contributed by atoms with van der Waals surface area (Å²) in [5, 5.41) is 0.986. The topological polar surface area (TPSA) is 51.0 Å². The van der Waals surface area contributed by atoms with Crippen LogP contribution < -0.4 is 0 Å². The van der Waals surface area contributed by atoms with Crippen molar-refractivity contribution in [1.29, 1.82) is 0 Å². The first-order chi connectivity index (χ1) is 11.1. The lowest BCUT2D eigenvalue weighted by molar-refractivity contribution is 0.0793. The Morgan fingerprint density at radius 2 is 2.09 bits per heavy atom. The Kier molecular flexibility index (Phi) is 4.37. The van der Waals surface area contributed by atoms with Crippen molar-refractivity contribution in [3.8, 4) is 0 Å². The number of rotatable bonds is 5. The second-order valence-corrected chi connectivity index (χ2v) is 5.70. The molecule has 0 unspecified atom stereocenters. The Balaban J connectivity index is 1.63. The fourth-order valence-corrected chi connectivity index (χ4v) is 2.62. The molecule has 23 heavy (non-hydrogen) atoms. The lowest BCUT2D eigenvalue weighted by atomic mass is 10.1. The van der Waals surface area contributed by atoms with Gasteiger partial charge >= 0.3 is 0 Å².